The SMILES string of the molecule is CCOC(=O)c1cc2cc(CC(=O)[C@@H]3[C@H](OCc4ccccc4)CCN3C(=O)OC(C)(C)C)ccc2o1. The number of furan rings is 1. The molecule has 8 nitrogen and oxygen atoms in total. The molecule has 0 bridgehead atoms. The fraction of sp³-hybridized carbons (Fsp3) is 0.414. The average molecular weight is 508 g/mol. The van der Waals surface area contributed by atoms with Gasteiger partial charge in [0.25, 0.3) is 0 Å². The van der Waals surface area contributed by atoms with Crippen LogP contribution in [0.1, 0.15) is 55.8 Å². The molecule has 1 amide bonds. The summed E-state index contributed by atoms with van der Waals surface area (Å²) in [4.78, 5) is 40.1. The highest BCUT2D eigenvalue weighted by molar-refractivity contribution is 5.94. The molecule has 8 heteroatoms. The number of benzene rings is 2. The lowest BCUT2D eigenvalue weighted by molar-refractivity contribution is -0.126. The molecule has 2 atom stereocenters. The summed E-state index contributed by atoms with van der Waals surface area (Å²) in [5.41, 5.74) is 1.58. The molecule has 0 spiro atoms. The number of carbonyl (C=O) groups is 3. The summed E-state index contributed by atoms with van der Waals surface area (Å²) in [6.07, 6.45) is -0.355. The molecule has 2 aromatic carbocycles. The topological polar surface area (TPSA) is 95.3 Å². The monoisotopic (exact) mass is 507 g/mol. The normalized spacial score (nSPS) is 17.7. The van der Waals surface area contributed by atoms with Gasteiger partial charge in [0, 0.05) is 18.4 Å². The van der Waals surface area contributed by atoms with Gasteiger partial charge in [-0.2, -0.15) is 0 Å². The third kappa shape index (κ3) is 6.57. The number of ketones is 1. The van der Waals surface area contributed by atoms with E-state index >= 15 is 0 Å². The highest BCUT2D eigenvalue weighted by Gasteiger charge is 2.43. The zero-order valence-corrected chi connectivity index (χ0v) is 21.7. The van der Waals surface area contributed by atoms with Crippen molar-refractivity contribution in [2.24, 2.45) is 0 Å². The summed E-state index contributed by atoms with van der Waals surface area (Å²) in [6.45, 7) is 8.08. The Morgan fingerprint density at radius 1 is 1.03 bits per heavy atom. The van der Waals surface area contributed by atoms with E-state index in [1.807, 2.05) is 36.4 Å². The van der Waals surface area contributed by atoms with E-state index in [9.17, 15) is 14.4 Å². The molecule has 2 heterocycles. The molecule has 37 heavy (non-hydrogen) atoms. The molecule has 1 aromatic heterocycles. The minimum absolute atomic E-state index is 0.0883. The Kier molecular flexibility index (Phi) is 7.97. The number of fused-ring (bicyclic) bond motifs is 1. The van der Waals surface area contributed by atoms with E-state index in [1.54, 1.807) is 45.9 Å². The maximum Gasteiger partial charge on any atom is 0.410 e. The second-order valence-corrected chi connectivity index (χ2v) is 10.1. The highest BCUT2D eigenvalue weighted by atomic mass is 16.6. The average Bonchev–Trinajstić information content (AvgIpc) is 3.47. The van der Waals surface area contributed by atoms with Crippen molar-refractivity contribution in [2.45, 2.75) is 64.9 Å². The molecule has 3 aromatic rings. The van der Waals surface area contributed by atoms with Crippen LogP contribution < -0.4 is 0 Å². The van der Waals surface area contributed by atoms with E-state index in [1.165, 1.54) is 4.90 Å². The maximum atomic E-state index is 13.6. The number of ether oxygens (including phenoxy) is 3. The number of hydrogen-bond donors (Lipinski definition) is 0. The van der Waals surface area contributed by atoms with Crippen LogP contribution in [0.5, 0.6) is 0 Å². The van der Waals surface area contributed by atoms with Gasteiger partial charge in [0.1, 0.15) is 17.2 Å². The summed E-state index contributed by atoms with van der Waals surface area (Å²) in [5, 5.41) is 0.695. The zero-order valence-electron chi connectivity index (χ0n) is 21.7. The molecular weight excluding hydrogens is 474 g/mol. The molecule has 0 unspecified atom stereocenters. The molecule has 1 fully saturated rings. The van der Waals surface area contributed by atoms with Gasteiger partial charge in [-0.15, -0.1) is 0 Å². The van der Waals surface area contributed by atoms with Gasteiger partial charge in [0.05, 0.1) is 19.3 Å². The van der Waals surface area contributed by atoms with E-state index in [2.05, 4.69) is 0 Å². The van der Waals surface area contributed by atoms with Gasteiger partial charge in [0.2, 0.25) is 5.76 Å². The second kappa shape index (κ2) is 11.2. The quantitative estimate of drug-likeness (QED) is 0.381. The number of hydrogen-bond acceptors (Lipinski definition) is 7. The summed E-state index contributed by atoms with van der Waals surface area (Å²) in [7, 11) is 0. The van der Waals surface area contributed by atoms with Crippen LogP contribution in [-0.4, -0.2) is 53.6 Å². The number of esters is 1. The summed E-state index contributed by atoms with van der Waals surface area (Å²) in [6, 6.07) is 15.9. The molecule has 4 rings (SSSR count). The van der Waals surface area contributed by atoms with Gasteiger partial charge < -0.3 is 18.6 Å². The first kappa shape index (κ1) is 26.4. The van der Waals surface area contributed by atoms with Crippen molar-refractivity contribution in [1.82, 2.24) is 4.90 Å². The number of nitrogens with zero attached hydrogens (tertiary/aromatic N) is 1. The highest BCUT2D eigenvalue weighted by Crippen LogP contribution is 2.28. The van der Waals surface area contributed by atoms with E-state index in [0.29, 0.717) is 30.5 Å². The van der Waals surface area contributed by atoms with Gasteiger partial charge in [0.15, 0.2) is 5.78 Å². The third-order valence-electron chi connectivity index (χ3n) is 6.04. The maximum absolute atomic E-state index is 13.6. The first-order chi connectivity index (χ1) is 17.6. The molecule has 1 aliphatic heterocycles. The van der Waals surface area contributed by atoms with Crippen LogP contribution in [0.2, 0.25) is 0 Å². The number of likely N-dealkylation sites (tertiary alicyclic amines) is 1. The van der Waals surface area contributed by atoms with Crippen LogP contribution in [0.3, 0.4) is 0 Å². The summed E-state index contributed by atoms with van der Waals surface area (Å²) >= 11 is 0. The smallest absolute Gasteiger partial charge is 0.410 e. The molecule has 0 aliphatic carbocycles. The van der Waals surface area contributed by atoms with E-state index in [-0.39, 0.29) is 24.6 Å². The van der Waals surface area contributed by atoms with Gasteiger partial charge in [-0.25, -0.2) is 9.59 Å². The number of carbonyl (C=O) groups excluding carboxylic acids is 3. The zero-order chi connectivity index (χ0) is 26.6. The van der Waals surface area contributed by atoms with Gasteiger partial charge in [-0.1, -0.05) is 36.4 Å². The number of Topliss-reactive ketones (excluding diaryl/α,β-unsaturated/α-hetero) is 1. The molecule has 0 N–H and O–H groups in total. The van der Waals surface area contributed by atoms with E-state index < -0.39 is 29.8 Å². The first-order valence-electron chi connectivity index (χ1n) is 12.5. The number of amides is 1. The molecule has 196 valence electrons. The summed E-state index contributed by atoms with van der Waals surface area (Å²) < 4.78 is 22.3. The van der Waals surface area contributed by atoms with Crippen LogP contribution in [0.25, 0.3) is 11.0 Å². The standard InChI is InChI=1S/C29H33NO7/c1-5-34-27(32)25-17-21-15-20(11-12-23(21)36-25)16-22(31)26-24(35-18-19-9-7-6-8-10-19)13-14-30(26)28(33)37-29(2,3)4/h6-12,15,17,24,26H,5,13-14,16,18H2,1-4H3/t24-,26-/m1/s1. The van der Waals surface area contributed by atoms with Gasteiger partial charge >= 0.3 is 12.1 Å². The van der Waals surface area contributed by atoms with Crippen LogP contribution in [0, 0.1) is 0 Å². The van der Waals surface area contributed by atoms with Crippen molar-refractivity contribution in [1.29, 1.82) is 0 Å². The van der Waals surface area contributed by atoms with Crippen molar-refractivity contribution < 1.29 is 33.0 Å². The molecule has 1 aliphatic rings. The molecule has 1 saturated heterocycles. The van der Waals surface area contributed by atoms with Crippen LogP contribution in [0.15, 0.2) is 59.0 Å². The van der Waals surface area contributed by atoms with Gasteiger partial charge in [-0.05, 0) is 63.4 Å². The Bertz CT molecular complexity index is 1260. The number of rotatable bonds is 8. The summed E-state index contributed by atoms with van der Waals surface area (Å²) in [5.74, 6) is -0.565. The Labute approximate surface area is 216 Å². The van der Waals surface area contributed by atoms with Crippen molar-refractivity contribution >= 4 is 28.8 Å². The lowest BCUT2D eigenvalue weighted by Gasteiger charge is -2.30. The second-order valence-electron chi connectivity index (χ2n) is 10.1. The van der Waals surface area contributed by atoms with Crippen molar-refractivity contribution in [2.75, 3.05) is 13.2 Å². The first-order valence-corrected chi connectivity index (χ1v) is 12.5. The lowest BCUT2D eigenvalue weighted by atomic mass is 9.99. The Hall–Kier alpha value is -3.65. The van der Waals surface area contributed by atoms with Crippen LogP contribution in [-0.2, 0) is 32.0 Å². The van der Waals surface area contributed by atoms with Crippen molar-refractivity contribution in [3.05, 3.63) is 71.5 Å². The molecular formula is C29H33NO7. The molecule has 0 saturated carbocycles. The fourth-order valence-electron chi connectivity index (χ4n) is 4.43. The van der Waals surface area contributed by atoms with Crippen molar-refractivity contribution in [3.8, 4) is 0 Å². The predicted molar refractivity (Wildman–Crippen MR) is 137 cm³/mol. The van der Waals surface area contributed by atoms with Crippen LogP contribution in [0.4, 0.5) is 4.79 Å². The van der Waals surface area contributed by atoms with Crippen molar-refractivity contribution in [3.63, 3.8) is 0 Å². The largest absolute Gasteiger partial charge is 0.460 e. The Morgan fingerprint density at radius 2 is 1.78 bits per heavy atom. The molecule has 0 radical (unpaired) electrons. The fourth-order valence-corrected chi connectivity index (χ4v) is 4.43. The van der Waals surface area contributed by atoms with E-state index in [0.717, 1.165) is 11.1 Å². The minimum atomic E-state index is -0.770. The van der Waals surface area contributed by atoms with Gasteiger partial charge in [-0.3, -0.25) is 9.69 Å². The minimum Gasteiger partial charge on any atom is -0.460 e. The lowest BCUT2D eigenvalue weighted by Crippen LogP contribution is -2.48. The third-order valence-corrected chi connectivity index (χ3v) is 6.04. The van der Waals surface area contributed by atoms with Crippen LogP contribution >= 0.6 is 0 Å². The Balaban J connectivity index is 1.53. The van der Waals surface area contributed by atoms with E-state index in [4.69, 9.17) is 18.6 Å². The predicted octanol–water partition coefficient (Wildman–Crippen LogP) is 5.32. The Morgan fingerprint density at radius 3 is 2.49 bits per heavy atom.